The number of nitrogens with zero attached hydrogens (tertiary/aromatic N) is 2. The summed E-state index contributed by atoms with van der Waals surface area (Å²) in [6.45, 7) is 1.72. The molecule has 0 N–H and O–H groups in total. The average Bonchev–Trinajstić information content (AvgIpc) is 2.27. The van der Waals surface area contributed by atoms with Crippen LogP contribution in [0, 0.1) is 0 Å². The second kappa shape index (κ2) is 5.90. The maximum absolute atomic E-state index is 11.6. The summed E-state index contributed by atoms with van der Waals surface area (Å²) in [4.78, 5) is 17.3. The van der Waals surface area contributed by atoms with Gasteiger partial charge in [-0.3, -0.25) is 9.78 Å². The van der Waals surface area contributed by atoms with Crippen LogP contribution in [-0.4, -0.2) is 35.9 Å². The topological polar surface area (TPSA) is 42.4 Å². The Labute approximate surface area is 95.6 Å². The molecule has 1 heterocycles. The molecule has 4 heteroatoms. The van der Waals surface area contributed by atoms with Crippen LogP contribution in [0.25, 0.3) is 0 Å². The third kappa shape index (κ3) is 4.13. The van der Waals surface area contributed by atoms with Crippen LogP contribution in [0.2, 0.25) is 0 Å². The largest absolute Gasteiger partial charge is 0.481 e. The van der Waals surface area contributed by atoms with Crippen molar-refractivity contribution in [3.05, 3.63) is 36.8 Å². The van der Waals surface area contributed by atoms with E-state index in [2.05, 4.69) is 4.98 Å². The van der Waals surface area contributed by atoms with Gasteiger partial charge in [-0.2, -0.15) is 0 Å². The van der Waals surface area contributed by atoms with Crippen LogP contribution < -0.4 is 4.74 Å². The monoisotopic (exact) mass is 220 g/mol. The van der Waals surface area contributed by atoms with Crippen molar-refractivity contribution in [2.75, 3.05) is 14.1 Å². The van der Waals surface area contributed by atoms with E-state index in [1.54, 1.807) is 42.6 Å². The Hall–Kier alpha value is -1.84. The SMILES string of the molecule is CC(Oc1cccnc1)C(=O)C=CN(C)C. The van der Waals surface area contributed by atoms with Crippen molar-refractivity contribution < 1.29 is 9.53 Å². The number of carbonyl (C=O) groups is 1. The van der Waals surface area contributed by atoms with Crippen molar-refractivity contribution in [3.63, 3.8) is 0 Å². The number of hydrogen-bond donors (Lipinski definition) is 0. The van der Waals surface area contributed by atoms with Crippen LogP contribution in [0.5, 0.6) is 5.75 Å². The minimum atomic E-state index is -0.500. The van der Waals surface area contributed by atoms with Gasteiger partial charge < -0.3 is 9.64 Å². The molecule has 4 nitrogen and oxygen atoms in total. The molecule has 1 rings (SSSR count). The standard InChI is InChI=1S/C12H16N2O2/c1-10(12(15)6-8-14(2)3)16-11-5-4-7-13-9-11/h4-10H,1-3H3. The molecular formula is C12H16N2O2. The van der Waals surface area contributed by atoms with E-state index in [9.17, 15) is 4.79 Å². The molecule has 0 aliphatic carbocycles. The lowest BCUT2D eigenvalue weighted by atomic mass is 10.2. The molecule has 1 aromatic heterocycles. The Kier molecular flexibility index (Phi) is 4.51. The summed E-state index contributed by atoms with van der Waals surface area (Å²) < 4.78 is 5.43. The number of ether oxygens (including phenoxy) is 1. The molecule has 86 valence electrons. The molecule has 16 heavy (non-hydrogen) atoms. The predicted octanol–water partition coefficient (Wildman–Crippen LogP) is 1.49. The van der Waals surface area contributed by atoms with Gasteiger partial charge in [0, 0.05) is 32.6 Å². The Morgan fingerprint density at radius 2 is 2.31 bits per heavy atom. The van der Waals surface area contributed by atoms with E-state index in [1.165, 1.54) is 6.08 Å². The molecule has 0 fully saturated rings. The van der Waals surface area contributed by atoms with E-state index in [0.29, 0.717) is 5.75 Å². The van der Waals surface area contributed by atoms with E-state index in [0.717, 1.165) is 0 Å². The normalized spacial score (nSPS) is 12.4. The first-order valence-electron chi connectivity index (χ1n) is 5.05. The van der Waals surface area contributed by atoms with Gasteiger partial charge in [-0.15, -0.1) is 0 Å². The number of rotatable bonds is 5. The molecule has 0 aliphatic rings. The Balaban J connectivity index is 2.53. The second-order valence-electron chi connectivity index (χ2n) is 3.63. The third-order valence-corrected chi connectivity index (χ3v) is 1.88. The molecule has 1 unspecified atom stereocenters. The predicted molar refractivity (Wildman–Crippen MR) is 62.2 cm³/mol. The van der Waals surface area contributed by atoms with Crippen LogP contribution in [0.15, 0.2) is 36.8 Å². The molecule has 0 aromatic carbocycles. The maximum Gasteiger partial charge on any atom is 0.197 e. The maximum atomic E-state index is 11.6. The van der Waals surface area contributed by atoms with Gasteiger partial charge in [0.25, 0.3) is 0 Å². The number of hydrogen-bond acceptors (Lipinski definition) is 4. The average molecular weight is 220 g/mol. The minimum absolute atomic E-state index is 0.0717. The first-order chi connectivity index (χ1) is 7.59. The lowest BCUT2D eigenvalue weighted by Gasteiger charge is -2.11. The molecule has 0 saturated carbocycles. The lowest BCUT2D eigenvalue weighted by molar-refractivity contribution is -0.120. The summed E-state index contributed by atoms with van der Waals surface area (Å²) >= 11 is 0. The van der Waals surface area contributed by atoms with Gasteiger partial charge in [-0.05, 0) is 19.1 Å². The molecule has 0 aliphatic heterocycles. The molecular weight excluding hydrogens is 204 g/mol. The summed E-state index contributed by atoms with van der Waals surface area (Å²) in [5.41, 5.74) is 0. The van der Waals surface area contributed by atoms with Crippen molar-refractivity contribution in [1.29, 1.82) is 0 Å². The number of pyridine rings is 1. The summed E-state index contributed by atoms with van der Waals surface area (Å²) in [5.74, 6) is 0.527. The van der Waals surface area contributed by atoms with E-state index >= 15 is 0 Å². The highest BCUT2D eigenvalue weighted by molar-refractivity contribution is 5.93. The zero-order valence-corrected chi connectivity index (χ0v) is 9.75. The van der Waals surface area contributed by atoms with Gasteiger partial charge in [0.1, 0.15) is 5.75 Å². The molecule has 0 bridgehead atoms. The van der Waals surface area contributed by atoms with E-state index < -0.39 is 6.10 Å². The molecule has 1 atom stereocenters. The summed E-state index contributed by atoms with van der Waals surface area (Å²) in [6.07, 6.45) is 5.94. The Morgan fingerprint density at radius 1 is 1.56 bits per heavy atom. The zero-order valence-electron chi connectivity index (χ0n) is 9.75. The molecule has 0 amide bonds. The minimum Gasteiger partial charge on any atom is -0.481 e. The highest BCUT2D eigenvalue weighted by Crippen LogP contribution is 2.09. The first kappa shape index (κ1) is 12.2. The summed E-state index contributed by atoms with van der Waals surface area (Å²) in [6, 6.07) is 3.54. The number of aromatic nitrogens is 1. The Morgan fingerprint density at radius 3 is 2.88 bits per heavy atom. The van der Waals surface area contributed by atoms with Gasteiger partial charge in [-0.1, -0.05) is 0 Å². The van der Waals surface area contributed by atoms with Gasteiger partial charge in [0.2, 0.25) is 0 Å². The van der Waals surface area contributed by atoms with Crippen molar-refractivity contribution in [3.8, 4) is 5.75 Å². The third-order valence-electron chi connectivity index (χ3n) is 1.88. The number of carbonyl (C=O) groups excluding carboxylic acids is 1. The fourth-order valence-corrected chi connectivity index (χ4v) is 1.04. The quantitative estimate of drug-likeness (QED) is 0.705. The number of ketones is 1. The van der Waals surface area contributed by atoms with Crippen LogP contribution in [0.1, 0.15) is 6.92 Å². The molecule has 1 aromatic rings. The zero-order chi connectivity index (χ0) is 12.0. The molecule has 0 radical (unpaired) electrons. The van der Waals surface area contributed by atoms with Crippen molar-refractivity contribution in [2.24, 2.45) is 0 Å². The summed E-state index contributed by atoms with van der Waals surface area (Å²) in [5, 5.41) is 0. The molecule has 0 spiro atoms. The van der Waals surface area contributed by atoms with E-state index in [-0.39, 0.29) is 5.78 Å². The van der Waals surface area contributed by atoms with Gasteiger partial charge in [0.05, 0.1) is 6.20 Å². The van der Waals surface area contributed by atoms with Gasteiger partial charge >= 0.3 is 0 Å². The van der Waals surface area contributed by atoms with Crippen molar-refractivity contribution >= 4 is 5.78 Å². The van der Waals surface area contributed by atoms with Gasteiger partial charge in [-0.25, -0.2) is 0 Å². The fourth-order valence-electron chi connectivity index (χ4n) is 1.04. The summed E-state index contributed by atoms with van der Waals surface area (Å²) in [7, 11) is 3.72. The highest BCUT2D eigenvalue weighted by Gasteiger charge is 2.11. The van der Waals surface area contributed by atoms with Crippen LogP contribution >= 0.6 is 0 Å². The molecule has 0 saturated heterocycles. The van der Waals surface area contributed by atoms with Crippen LogP contribution in [0.3, 0.4) is 0 Å². The lowest BCUT2D eigenvalue weighted by Crippen LogP contribution is -2.22. The van der Waals surface area contributed by atoms with Crippen LogP contribution in [-0.2, 0) is 4.79 Å². The van der Waals surface area contributed by atoms with Crippen molar-refractivity contribution in [1.82, 2.24) is 9.88 Å². The fraction of sp³-hybridized carbons (Fsp3) is 0.333. The van der Waals surface area contributed by atoms with E-state index in [4.69, 9.17) is 4.74 Å². The Bertz CT molecular complexity index is 361. The van der Waals surface area contributed by atoms with Gasteiger partial charge in [0.15, 0.2) is 11.9 Å². The first-order valence-corrected chi connectivity index (χ1v) is 5.05. The van der Waals surface area contributed by atoms with E-state index in [1.807, 2.05) is 14.1 Å². The highest BCUT2D eigenvalue weighted by atomic mass is 16.5. The smallest absolute Gasteiger partial charge is 0.197 e. The second-order valence-corrected chi connectivity index (χ2v) is 3.63. The van der Waals surface area contributed by atoms with Crippen molar-refractivity contribution in [2.45, 2.75) is 13.0 Å². The van der Waals surface area contributed by atoms with Crippen LogP contribution in [0.4, 0.5) is 0 Å².